The number of nitrogens with one attached hydrogen (secondary N) is 2. The van der Waals surface area contributed by atoms with Crippen LogP contribution in [-0.2, 0) is 0 Å². The minimum atomic E-state index is 0.465. The van der Waals surface area contributed by atoms with E-state index in [0.717, 1.165) is 11.7 Å². The maximum absolute atomic E-state index is 6.13. The van der Waals surface area contributed by atoms with Crippen molar-refractivity contribution >= 4 is 23.4 Å². The van der Waals surface area contributed by atoms with Crippen LogP contribution in [0.5, 0.6) is 0 Å². The molecule has 3 atom stereocenters. The molecule has 18 heavy (non-hydrogen) atoms. The maximum atomic E-state index is 6.13. The summed E-state index contributed by atoms with van der Waals surface area (Å²) in [6, 6.07) is 0.465. The maximum Gasteiger partial charge on any atom is 0.224 e. The van der Waals surface area contributed by atoms with Gasteiger partial charge in [0.2, 0.25) is 5.95 Å². The van der Waals surface area contributed by atoms with Gasteiger partial charge in [0.15, 0.2) is 5.82 Å². The molecule has 5 heteroatoms. The molecule has 1 saturated carbocycles. The topological polar surface area (TPSA) is 49.8 Å². The first-order valence-electron chi connectivity index (χ1n) is 6.62. The molecule has 4 nitrogen and oxygen atoms in total. The van der Waals surface area contributed by atoms with Gasteiger partial charge in [0.1, 0.15) is 5.02 Å². The molecule has 1 aliphatic rings. The minimum absolute atomic E-state index is 0.465. The van der Waals surface area contributed by atoms with E-state index in [-0.39, 0.29) is 0 Å². The van der Waals surface area contributed by atoms with Gasteiger partial charge in [-0.25, -0.2) is 4.98 Å². The van der Waals surface area contributed by atoms with E-state index in [1.807, 2.05) is 0 Å². The summed E-state index contributed by atoms with van der Waals surface area (Å²) >= 11 is 6.13. The summed E-state index contributed by atoms with van der Waals surface area (Å²) in [5, 5.41) is 6.99. The van der Waals surface area contributed by atoms with E-state index < -0.39 is 0 Å². The van der Waals surface area contributed by atoms with Gasteiger partial charge in [0.05, 0.1) is 6.20 Å². The Labute approximate surface area is 114 Å². The fourth-order valence-corrected chi connectivity index (χ4v) is 2.94. The van der Waals surface area contributed by atoms with Crippen molar-refractivity contribution in [2.24, 2.45) is 11.8 Å². The molecule has 1 aliphatic carbocycles. The van der Waals surface area contributed by atoms with E-state index in [0.29, 0.717) is 22.9 Å². The highest BCUT2D eigenvalue weighted by Gasteiger charge is 2.31. The largest absolute Gasteiger partial charge is 0.366 e. The van der Waals surface area contributed by atoms with Crippen molar-refractivity contribution in [1.29, 1.82) is 0 Å². The van der Waals surface area contributed by atoms with Crippen LogP contribution in [0.3, 0.4) is 0 Å². The lowest BCUT2D eigenvalue weighted by Crippen LogP contribution is -2.25. The van der Waals surface area contributed by atoms with E-state index >= 15 is 0 Å². The van der Waals surface area contributed by atoms with Gasteiger partial charge in [-0.1, -0.05) is 31.9 Å². The first-order valence-corrected chi connectivity index (χ1v) is 7.00. The third-order valence-corrected chi connectivity index (χ3v) is 4.32. The Morgan fingerprint density at radius 3 is 2.83 bits per heavy atom. The molecule has 2 rings (SSSR count). The van der Waals surface area contributed by atoms with Crippen LogP contribution in [0.15, 0.2) is 6.20 Å². The van der Waals surface area contributed by atoms with Crippen LogP contribution >= 0.6 is 11.6 Å². The van der Waals surface area contributed by atoms with Crippen molar-refractivity contribution in [1.82, 2.24) is 9.97 Å². The fourth-order valence-electron chi connectivity index (χ4n) is 2.79. The summed E-state index contributed by atoms with van der Waals surface area (Å²) in [6.07, 6.45) is 5.37. The predicted molar refractivity (Wildman–Crippen MR) is 76.2 cm³/mol. The molecule has 0 spiro atoms. The van der Waals surface area contributed by atoms with E-state index in [4.69, 9.17) is 11.6 Å². The summed E-state index contributed by atoms with van der Waals surface area (Å²) < 4.78 is 0. The second-order valence-electron chi connectivity index (χ2n) is 5.00. The van der Waals surface area contributed by atoms with Gasteiger partial charge in [0, 0.05) is 13.1 Å². The van der Waals surface area contributed by atoms with Gasteiger partial charge < -0.3 is 10.6 Å². The van der Waals surface area contributed by atoms with E-state index in [1.165, 1.54) is 19.3 Å². The summed E-state index contributed by atoms with van der Waals surface area (Å²) in [5.41, 5.74) is 0. The molecule has 0 amide bonds. The normalized spacial score (nSPS) is 27.2. The van der Waals surface area contributed by atoms with E-state index in [9.17, 15) is 0 Å². The highest BCUT2D eigenvalue weighted by molar-refractivity contribution is 6.32. The number of hydrogen-bond donors (Lipinski definition) is 2. The highest BCUT2D eigenvalue weighted by Crippen LogP contribution is 2.36. The summed E-state index contributed by atoms with van der Waals surface area (Å²) in [5.74, 6) is 2.81. The molecular formula is C13H21ClN4. The molecule has 1 aromatic heterocycles. The summed E-state index contributed by atoms with van der Waals surface area (Å²) in [4.78, 5) is 8.46. The number of hydrogen-bond acceptors (Lipinski definition) is 4. The number of anilines is 2. The van der Waals surface area contributed by atoms with Crippen LogP contribution in [0.1, 0.15) is 33.1 Å². The summed E-state index contributed by atoms with van der Waals surface area (Å²) in [7, 11) is 1.80. The number of aromatic nitrogens is 2. The monoisotopic (exact) mass is 268 g/mol. The number of nitrogens with zero attached hydrogens (tertiary/aromatic N) is 2. The molecule has 0 saturated heterocycles. The lowest BCUT2D eigenvalue weighted by molar-refractivity contribution is 0.391. The van der Waals surface area contributed by atoms with Gasteiger partial charge in [-0.05, 0) is 24.7 Å². The van der Waals surface area contributed by atoms with Crippen molar-refractivity contribution in [3.05, 3.63) is 11.2 Å². The molecule has 1 aromatic rings. The molecule has 0 aliphatic heterocycles. The molecule has 1 fully saturated rings. The lowest BCUT2D eigenvalue weighted by atomic mass is 9.93. The van der Waals surface area contributed by atoms with Crippen LogP contribution in [0.25, 0.3) is 0 Å². The highest BCUT2D eigenvalue weighted by atomic mass is 35.5. The van der Waals surface area contributed by atoms with Crippen LogP contribution < -0.4 is 10.6 Å². The van der Waals surface area contributed by atoms with Crippen LogP contribution in [0.4, 0.5) is 11.8 Å². The van der Waals surface area contributed by atoms with E-state index in [2.05, 4.69) is 34.4 Å². The Morgan fingerprint density at radius 2 is 2.22 bits per heavy atom. The van der Waals surface area contributed by atoms with Crippen LogP contribution in [0, 0.1) is 11.8 Å². The van der Waals surface area contributed by atoms with Crippen molar-refractivity contribution in [3.8, 4) is 0 Å². The molecule has 3 unspecified atom stereocenters. The molecule has 0 radical (unpaired) electrons. The van der Waals surface area contributed by atoms with Gasteiger partial charge in [0.25, 0.3) is 0 Å². The minimum Gasteiger partial charge on any atom is -0.366 e. The van der Waals surface area contributed by atoms with Gasteiger partial charge in [-0.15, -0.1) is 0 Å². The Bertz CT molecular complexity index is 410. The van der Waals surface area contributed by atoms with Gasteiger partial charge in [-0.3, -0.25) is 0 Å². The fraction of sp³-hybridized carbons (Fsp3) is 0.692. The molecule has 100 valence electrons. The predicted octanol–water partition coefficient (Wildman–Crippen LogP) is 3.41. The SMILES string of the molecule is CCC1CCC(Nc2nc(NC)ncc2Cl)C1C. The lowest BCUT2D eigenvalue weighted by Gasteiger charge is -2.22. The van der Waals surface area contributed by atoms with Crippen molar-refractivity contribution < 1.29 is 0 Å². The second kappa shape index (κ2) is 5.74. The zero-order valence-electron chi connectivity index (χ0n) is 11.2. The molecular weight excluding hydrogens is 248 g/mol. The average molecular weight is 269 g/mol. The van der Waals surface area contributed by atoms with Gasteiger partial charge in [-0.2, -0.15) is 4.98 Å². The van der Waals surface area contributed by atoms with Crippen LogP contribution in [0.2, 0.25) is 5.02 Å². The third kappa shape index (κ3) is 2.69. The molecule has 0 bridgehead atoms. The van der Waals surface area contributed by atoms with Crippen molar-refractivity contribution in [2.75, 3.05) is 17.7 Å². The Kier molecular flexibility index (Phi) is 4.27. The second-order valence-corrected chi connectivity index (χ2v) is 5.40. The summed E-state index contributed by atoms with van der Waals surface area (Å²) in [6.45, 7) is 4.58. The molecule has 2 N–H and O–H groups in total. The van der Waals surface area contributed by atoms with E-state index in [1.54, 1.807) is 13.2 Å². The zero-order valence-corrected chi connectivity index (χ0v) is 12.0. The number of halogens is 1. The average Bonchev–Trinajstić information content (AvgIpc) is 2.73. The molecule has 0 aromatic carbocycles. The third-order valence-electron chi connectivity index (χ3n) is 4.04. The van der Waals surface area contributed by atoms with Crippen molar-refractivity contribution in [2.45, 2.75) is 39.2 Å². The Morgan fingerprint density at radius 1 is 1.44 bits per heavy atom. The van der Waals surface area contributed by atoms with Crippen molar-refractivity contribution in [3.63, 3.8) is 0 Å². The zero-order chi connectivity index (χ0) is 13.1. The van der Waals surface area contributed by atoms with Gasteiger partial charge >= 0.3 is 0 Å². The number of rotatable bonds is 4. The standard InChI is InChI=1S/C13H21ClN4/c1-4-9-5-6-11(8(9)2)17-12-10(14)7-16-13(15-3)18-12/h7-9,11H,4-6H2,1-3H3,(H2,15,16,17,18). The first-order chi connectivity index (χ1) is 8.65. The Balaban J connectivity index is 2.10. The Hall–Kier alpha value is -1.03. The van der Waals surface area contributed by atoms with Crippen LogP contribution in [-0.4, -0.2) is 23.1 Å². The first kappa shape index (κ1) is 13.4. The smallest absolute Gasteiger partial charge is 0.224 e. The molecule has 1 heterocycles. The quantitative estimate of drug-likeness (QED) is 0.879.